The van der Waals surface area contributed by atoms with E-state index in [2.05, 4.69) is 17.7 Å². The molecule has 0 unspecified atom stereocenters. The van der Waals surface area contributed by atoms with Crippen molar-refractivity contribution in [1.82, 2.24) is 9.78 Å². The zero-order chi connectivity index (χ0) is 9.14. The molecule has 0 atom stereocenters. The van der Waals surface area contributed by atoms with E-state index in [-0.39, 0.29) is 5.69 Å². The standard InChI is InChI=1S/C6H9N3O2S/c1-8-5(2-3-12)6(4-7-8)9(10)11/h4,12H,2-3H2,1H3. The SMILES string of the molecule is Cn1ncc([N+](=O)[O-])c1CCS. The van der Waals surface area contributed by atoms with E-state index < -0.39 is 4.92 Å². The third-order valence-corrected chi connectivity index (χ3v) is 1.81. The summed E-state index contributed by atoms with van der Waals surface area (Å²) >= 11 is 4.01. The molecule has 12 heavy (non-hydrogen) atoms. The van der Waals surface area contributed by atoms with Gasteiger partial charge in [0.25, 0.3) is 0 Å². The number of nitrogens with zero attached hydrogens (tertiary/aromatic N) is 3. The summed E-state index contributed by atoms with van der Waals surface area (Å²) in [4.78, 5) is 10.0. The van der Waals surface area contributed by atoms with Crippen molar-refractivity contribution in [2.45, 2.75) is 6.42 Å². The summed E-state index contributed by atoms with van der Waals surface area (Å²) in [5.41, 5.74) is 0.696. The van der Waals surface area contributed by atoms with Gasteiger partial charge in [0.15, 0.2) is 0 Å². The van der Waals surface area contributed by atoms with Gasteiger partial charge in [-0.05, 0) is 5.75 Å². The van der Waals surface area contributed by atoms with Crippen molar-refractivity contribution in [2.75, 3.05) is 5.75 Å². The minimum absolute atomic E-state index is 0.0755. The summed E-state index contributed by atoms with van der Waals surface area (Å²) < 4.78 is 1.51. The third kappa shape index (κ3) is 1.58. The highest BCUT2D eigenvalue weighted by molar-refractivity contribution is 7.80. The third-order valence-electron chi connectivity index (χ3n) is 1.58. The van der Waals surface area contributed by atoms with E-state index in [1.165, 1.54) is 10.9 Å². The van der Waals surface area contributed by atoms with Crippen LogP contribution in [0.4, 0.5) is 5.69 Å². The Morgan fingerprint density at radius 2 is 2.50 bits per heavy atom. The number of hydrogen-bond acceptors (Lipinski definition) is 4. The zero-order valence-electron chi connectivity index (χ0n) is 6.60. The minimum atomic E-state index is -0.425. The molecule has 0 aliphatic carbocycles. The largest absolute Gasteiger partial charge is 0.310 e. The van der Waals surface area contributed by atoms with E-state index >= 15 is 0 Å². The molecule has 1 heterocycles. The fraction of sp³-hybridized carbons (Fsp3) is 0.500. The molecule has 0 spiro atoms. The Morgan fingerprint density at radius 3 is 3.00 bits per heavy atom. The fourth-order valence-electron chi connectivity index (χ4n) is 1.000. The Morgan fingerprint density at radius 1 is 1.83 bits per heavy atom. The van der Waals surface area contributed by atoms with Crippen LogP contribution in [-0.2, 0) is 13.5 Å². The van der Waals surface area contributed by atoms with Crippen molar-refractivity contribution >= 4 is 18.3 Å². The maximum absolute atomic E-state index is 10.4. The Labute approximate surface area is 74.9 Å². The second-order valence-electron chi connectivity index (χ2n) is 2.33. The van der Waals surface area contributed by atoms with E-state index in [1.54, 1.807) is 7.05 Å². The van der Waals surface area contributed by atoms with Gasteiger partial charge in [0.05, 0.1) is 4.92 Å². The highest BCUT2D eigenvalue weighted by atomic mass is 32.1. The molecule has 1 aromatic rings. The summed E-state index contributed by atoms with van der Waals surface area (Å²) in [5, 5.41) is 14.2. The molecular weight excluding hydrogens is 178 g/mol. The van der Waals surface area contributed by atoms with Crippen LogP contribution in [-0.4, -0.2) is 20.5 Å². The average Bonchev–Trinajstić information content (AvgIpc) is 2.34. The Balaban J connectivity index is 3.03. The van der Waals surface area contributed by atoms with Gasteiger partial charge in [0, 0.05) is 13.5 Å². The van der Waals surface area contributed by atoms with Crippen LogP contribution >= 0.6 is 12.6 Å². The highest BCUT2D eigenvalue weighted by Gasteiger charge is 2.17. The lowest BCUT2D eigenvalue weighted by Gasteiger charge is -1.97. The van der Waals surface area contributed by atoms with Gasteiger partial charge >= 0.3 is 5.69 Å². The van der Waals surface area contributed by atoms with Crippen LogP contribution in [0.2, 0.25) is 0 Å². The zero-order valence-corrected chi connectivity index (χ0v) is 7.49. The molecule has 0 aliphatic heterocycles. The molecule has 0 bridgehead atoms. The molecule has 0 saturated heterocycles. The predicted octanol–water partition coefficient (Wildman–Crippen LogP) is 0.801. The monoisotopic (exact) mass is 187 g/mol. The molecule has 5 nitrogen and oxygen atoms in total. The van der Waals surface area contributed by atoms with E-state index in [9.17, 15) is 10.1 Å². The maximum atomic E-state index is 10.4. The summed E-state index contributed by atoms with van der Waals surface area (Å²) in [7, 11) is 1.69. The van der Waals surface area contributed by atoms with Gasteiger partial charge in [-0.25, -0.2) is 0 Å². The molecule has 0 amide bonds. The first-order valence-electron chi connectivity index (χ1n) is 3.43. The minimum Gasteiger partial charge on any atom is -0.265 e. The Kier molecular flexibility index (Phi) is 2.69. The van der Waals surface area contributed by atoms with E-state index in [1.807, 2.05) is 0 Å². The van der Waals surface area contributed by atoms with Crippen molar-refractivity contribution in [3.8, 4) is 0 Å². The highest BCUT2D eigenvalue weighted by Crippen LogP contribution is 2.17. The van der Waals surface area contributed by atoms with Crippen LogP contribution in [0.3, 0.4) is 0 Å². The van der Waals surface area contributed by atoms with E-state index in [0.29, 0.717) is 17.9 Å². The number of hydrogen-bond donors (Lipinski definition) is 1. The summed E-state index contributed by atoms with van der Waals surface area (Å²) in [6.45, 7) is 0. The molecule has 0 radical (unpaired) electrons. The number of thiol groups is 1. The molecule has 1 aromatic heterocycles. The predicted molar refractivity (Wildman–Crippen MR) is 47.4 cm³/mol. The van der Waals surface area contributed by atoms with Crippen LogP contribution in [0.1, 0.15) is 5.69 Å². The van der Waals surface area contributed by atoms with Gasteiger partial charge in [-0.3, -0.25) is 14.8 Å². The number of nitro groups is 1. The second kappa shape index (κ2) is 3.57. The smallest absolute Gasteiger partial charge is 0.265 e. The molecule has 0 N–H and O–H groups in total. The first kappa shape index (κ1) is 9.05. The van der Waals surface area contributed by atoms with Crippen LogP contribution < -0.4 is 0 Å². The lowest BCUT2D eigenvalue weighted by atomic mass is 10.3. The lowest BCUT2D eigenvalue weighted by Crippen LogP contribution is -2.01. The first-order chi connectivity index (χ1) is 5.66. The van der Waals surface area contributed by atoms with Crippen molar-refractivity contribution in [3.63, 3.8) is 0 Å². The van der Waals surface area contributed by atoms with Crippen molar-refractivity contribution in [3.05, 3.63) is 22.0 Å². The van der Waals surface area contributed by atoms with Crippen molar-refractivity contribution < 1.29 is 4.92 Å². The maximum Gasteiger partial charge on any atom is 0.310 e. The van der Waals surface area contributed by atoms with Crippen LogP contribution in [0.15, 0.2) is 6.20 Å². The number of aryl methyl sites for hydroxylation is 1. The second-order valence-corrected chi connectivity index (χ2v) is 2.78. The topological polar surface area (TPSA) is 61.0 Å². The molecule has 0 aliphatic rings. The Bertz CT molecular complexity index is 297. The van der Waals surface area contributed by atoms with Gasteiger partial charge in [-0.1, -0.05) is 0 Å². The number of aromatic nitrogens is 2. The number of rotatable bonds is 3. The molecule has 66 valence electrons. The summed E-state index contributed by atoms with van der Waals surface area (Å²) in [5.74, 6) is 0.584. The molecule has 6 heteroatoms. The van der Waals surface area contributed by atoms with Crippen LogP contribution in [0.5, 0.6) is 0 Å². The van der Waals surface area contributed by atoms with Crippen molar-refractivity contribution in [1.29, 1.82) is 0 Å². The fourth-order valence-corrected chi connectivity index (χ4v) is 1.21. The quantitative estimate of drug-likeness (QED) is 0.432. The molecule has 0 fully saturated rings. The lowest BCUT2D eigenvalue weighted by molar-refractivity contribution is -0.385. The van der Waals surface area contributed by atoms with Crippen LogP contribution in [0, 0.1) is 10.1 Å². The van der Waals surface area contributed by atoms with E-state index in [0.717, 1.165) is 0 Å². The normalized spacial score (nSPS) is 10.2. The van der Waals surface area contributed by atoms with Crippen LogP contribution in [0.25, 0.3) is 0 Å². The summed E-state index contributed by atoms with van der Waals surface area (Å²) in [6, 6.07) is 0. The first-order valence-corrected chi connectivity index (χ1v) is 4.06. The average molecular weight is 187 g/mol. The van der Waals surface area contributed by atoms with Gasteiger partial charge in [0.1, 0.15) is 11.9 Å². The van der Waals surface area contributed by atoms with Gasteiger partial charge in [-0.15, -0.1) is 0 Å². The molecule has 0 aromatic carbocycles. The van der Waals surface area contributed by atoms with Gasteiger partial charge in [0.2, 0.25) is 0 Å². The van der Waals surface area contributed by atoms with Crippen molar-refractivity contribution in [2.24, 2.45) is 7.05 Å². The van der Waals surface area contributed by atoms with Gasteiger partial charge in [-0.2, -0.15) is 17.7 Å². The Hall–Kier alpha value is -1.04. The van der Waals surface area contributed by atoms with Gasteiger partial charge < -0.3 is 0 Å². The summed E-state index contributed by atoms with van der Waals surface area (Å²) in [6.07, 6.45) is 1.83. The molecule has 1 rings (SSSR count). The molecule has 0 saturated carbocycles. The van der Waals surface area contributed by atoms with E-state index in [4.69, 9.17) is 0 Å². The molecular formula is C6H9N3O2S.